The lowest BCUT2D eigenvalue weighted by atomic mass is 10.0. The largest absolute Gasteiger partial charge is 0.489 e. The molecule has 0 bridgehead atoms. The Bertz CT molecular complexity index is 583. The number of nitrogens with one attached hydrogen (secondary N) is 1. The molecule has 0 unspecified atom stereocenters. The molecule has 1 aliphatic heterocycles. The highest BCUT2D eigenvalue weighted by atomic mass is 35.5. The summed E-state index contributed by atoms with van der Waals surface area (Å²) < 4.78 is 5.75. The minimum atomic E-state index is 0.565. The Hall–Kier alpha value is -1.67. The molecule has 0 amide bonds. The molecule has 0 aromatic heterocycles. The maximum atomic E-state index is 5.93. The maximum Gasteiger partial charge on any atom is 0.121 e. The number of aryl methyl sites for hydroxylation is 1. The number of benzene rings is 2. The summed E-state index contributed by atoms with van der Waals surface area (Å²) in [6, 6.07) is 14.0. The molecule has 0 saturated heterocycles. The van der Waals surface area contributed by atoms with Gasteiger partial charge in [0.25, 0.3) is 0 Å². The molecule has 1 N–H and O–H groups in total. The quantitative estimate of drug-likeness (QED) is 0.901. The molecule has 0 atom stereocenters. The van der Waals surface area contributed by atoms with E-state index >= 15 is 0 Å². The summed E-state index contributed by atoms with van der Waals surface area (Å²) in [5.41, 5.74) is 3.82. The first kappa shape index (κ1) is 12.4. The van der Waals surface area contributed by atoms with Gasteiger partial charge in [0.2, 0.25) is 0 Å². The van der Waals surface area contributed by atoms with Crippen LogP contribution in [0, 0.1) is 0 Å². The highest BCUT2D eigenvalue weighted by molar-refractivity contribution is 6.30. The summed E-state index contributed by atoms with van der Waals surface area (Å²) in [6.45, 7) is 1.63. The highest BCUT2D eigenvalue weighted by Gasteiger charge is 2.08. The summed E-state index contributed by atoms with van der Waals surface area (Å²) >= 11 is 5.93. The molecule has 0 fully saturated rings. The fraction of sp³-hybridized carbons (Fsp3) is 0.250. The van der Waals surface area contributed by atoms with E-state index in [2.05, 4.69) is 23.5 Å². The van der Waals surface area contributed by atoms with Crippen LogP contribution in [-0.2, 0) is 13.0 Å². The molecular weight excluding hydrogens is 258 g/mol. The molecule has 0 radical (unpaired) electrons. The zero-order valence-corrected chi connectivity index (χ0v) is 11.4. The molecule has 0 saturated carbocycles. The standard InChI is InChI=1S/C16H16ClNO/c17-14-4-1-5-15(10-14)19-11-12-6-7-13-3-2-8-18-16(13)9-12/h1,4-7,9-10,18H,2-3,8,11H2. The smallest absolute Gasteiger partial charge is 0.121 e. The van der Waals surface area contributed by atoms with Gasteiger partial charge in [-0.05, 0) is 48.2 Å². The molecule has 3 heteroatoms. The molecule has 1 heterocycles. The third kappa shape index (κ3) is 3.02. The van der Waals surface area contributed by atoms with Crippen molar-refractivity contribution in [2.24, 2.45) is 0 Å². The normalized spacial score (nSPS) is 13.5. The van der Waals surface area contributed by atoms with Crippen molar-refractivity contribution in [3.05, 3.63) is 58.6 Å². The average molecular weight is 274 g/mol. The van der Waals surface area contributed by atoms with Gasteiger partial charge in [0.05, 0.1) is 0 Å². The molecule has 98 valence electrons. The molecular formula is C16H16ClNO. The summed E-state index contributed by atoms with van der Waals surface area (Å²) in [5, 5.41) is 4.13. The molecule has 2 aromatic rings. The van der Waals surface area contributed by atoms with Crippen molar-refractivity contribution in [1.29, 1.82) is 0 Å². The lowest BCUT2D eigenvalue weighted by molar-refractivity contribution is 0.306. The van der Waals surface area contributed by atoms with Crippen molar-refractivity contribution in [1.82, 2.24) is 0 Å². The van der Waals surface area contributed by atoms with Crippen LogP contribution in [0.5, 0.6) is 5.75 Å². The van der Waals surface area contributed by atoms with Gasteiger partial charge in [-0.3, -0.25) is 0 Å². The van der Waals surface area contributed by atoms with Crippen molar-refractivity contribution < 1.29 is 4.74 Å². The Morgan fingerprint density at radius 1 is 1.16 bits per heavy atom. The second kappa shape index (κ2) is 5.54. The Kier molecular flexibility index (Phi) is 3.60. The molecule has 1 aliphatic rings. The zero-order valence-electron chi connectivity index (χ0n) is 10.7. The lowest BCUT2D eigenvalue weighted by Gasteiger charge is -2.18. The summed E-state index contributed by atoms with van der Waals surface area (Å²) in [6.07, 6.45) is 2.38. The van der Waals surface area contributed by atoms with Crippen molar-refractivity contribution in [2.45, 2.75) is 19.4 Å². The van der Waals surface area contributed by atoms with Crippen LogP contribution in [0.2, 0.25) is 5.02 Å². The Morgan fingerprint density at radius 2 is 2.11 bits per heavy atom. The van der Waals surface area contributed by atoms with Crippen LogP contribution in [0.3, 0.4) is 0 Å². The van der Waals surface area contributed by atoms with E-state index in [0.717, 1.165) is 18.7 Å². The predicted octanol–water partition coefficient (Wildman–Crippen LogP) is 4.28. The second-order valence-electron chi connectivity index (χ2n) is 4.77. The first-order valence-electron chi connectivity index (χ1n) is 6.55. The molecule has 3 rings (SSSR count). The van der Waals surface area contributed by atoms with E-state index in [4.69, 9.17) is 16.3 Å². The van der Waals surface area contributed by atoms with Gasteiger partial charge in [-0.2, -0.15) is 0 Å². The monoisotopic (exact) mass is 273 g/mol. The molecule has 0 aliphatic carbocycles. The van der Waals surface area contributed by atoms with Crippen LogP contribution < -0.4 is 10.1 Å². The summed E-state index contributed by atoms with van der Waals surface area (Å²) in [7, 11) is 0. The number of halogens is 1. The van der Waals surface area contributed by atoms with Gasteiger partial charge in [-0.15, -0.1) is 0 Å². The number of fused-ring (bicyclic) bond motifs is 1. The molecule has 0 spiro atoms. The Balaban J connectivity index is 1.70. The van der Waals surface area contributed by atoms with E-state index in [1.165, 1.54) is 23.2 Å². The van der Waals surface area contributed by atoms with E-state index in [1.807, 2.05) is 24.3 Å². The maximum absolute atomic E-state index is 5.93. The van der Waals surface area contributed by atoms with Crippen molar-refractivity contribution in [3.63, 3.8) is 0 Å². The van der Waals surface area contributed by atoms with E-state index in [1.54, 1.807) is 0 Å². The number of rotatable bonds is 3. The zero-order chi connectivity index (χ0) is 13.1. The van der Waals surface area contributed by atoms with Crippen LogP contribution in [0.15, 0.2) is 42.5 Å². The fourth-order valence-corrected chi connectivity index (χ4v) is 2.50. The third-order valence-electron chi connectivity index (χ3n) is 3.31. The first-order chi connectivity index (χ1) is 9.31. The summed E-state index contributed by atoms with van der Waals surface area (Å²) in [5.74, 6) is 0.804. The van der Waals surface area contributed by atoms with Crippen LogP contribution in [0.4, 0.5) is 5.69 Å². The molecule has 2 nitrogen and oxygen atoms in total. The first-order valence-corrected chi connectivity index (χ1v) is 6.93. The van der Waals surface area contributed by atoms with Crippen LogP contribution in [-0.4, -0.2) is 6.54 Å². The predicted molar refractivity (Wildman–Crippen MR) is 79.0 cm³/mol. The number of hydrogen-bond donors (Lipinski definition) is 1. The number of anilines is 1. The Labute approximate surface area is 118 Å². The molecule has 19 heavy (non-hydrogen) atoms. The topological polar surface area (TPSA) is 21.3 Å². The van der Waals surface area contributed by atoms with Crippen molar-refractivity contribution in [2.75, 3.05) is 11.9 Å². The van der Waals surface area contributed by atoms with E-state index in [9.17, 15) is 0 Å². The van der Waals surface area contributed by atoms with E-state index < -0.39 is 0 Å². The van der Waals surface area contributed by atoms with Crippen LogP contribution in [0.1, 0.15) is 17.5 Å². The second-order valence-corrected chi connectivity index (χ2v) is 5.20. The highest BCUT2D eigenvalue weighted by Crippen LogP contribution is 2.24. The fourth-order valence-electron chi connectivity index (χ4n) is 2.32. The molecule has 2 aromatic carbocycles. The SMILES string of the molecule is Clc1cccc(OCc2ccc3c(c2)NCCC3)c1. The van der Waals surface area contributed by atoms with Gasteiger partial charge in [0, 0.05) is 17.3 Å². The van der Waals surface area contributed by atoms with E-state index in [-0.39, 0.29) is 0 Å². The van der Waals surface area contributed by atoms with Gasteiger partial charge >= 0.3 is 0 Å². The van der Waals surface area contributed by atoms with Gasteiger partial charge in [-0.1, -0.05) is 29.8 Å². The van der Waals surface area contributed by atoms with Crippen molar-refractivity contribution >= 4 is 17.3 Å². The number of ether oxygens (including phenoxy) is 1. The van der Waals surface area contributed by atoms with Crippen molar-refractivity contribution in [3.8, 4) is 5.75 Å². The third-order valence-corrected chi connectivity index (χ3v) is 3.55. The van der Waals surface area contributed by atoms with Gasteiger partial charge < -0.3 is 10.1 Å². The van der Waals surface area contributed by atoms with Crippen LogP contribution >= 0.6 is 11.6 Å². The van der Waals surface area contributed by atoms with Gasteiger partial charge in [0.1, 0.15) is 12.4 Å². The lowest BCUT2D eigenvalue weighted by Crippen LogP contribution is -2.12. The Morgan fingerprint density at radius 3 is 3.00 bits per heavy atom. The van der Waals surface area contributed by atoms with Crippen LogP contribution in [0.25, 0.3) is 0 Å². The minimum absolute atomic E-state index is 0.565. The van der Waals surface area contributed by atoms with Gasteiger partial charge in [0.15, 0.2) is 0 Å². The summed E-state index contributed by atoms with van der Waals surface area (Å²) in [4.78, 5) is 0. The number of hydrogen-bond acceptors (Lipinski definition) is 2. The van der Waals surface area contributed by atoms with Gasteiger partial charge in [-0.25, -0.2) is 0 Å². The minimum Gasteiger partial charge on any atom is -0.489 e. The average Bonchev–Trinajstić information content (AvgIpc) is 2.45. The van der Waals surface area contributed by atoms with E-state index in [0.29, 0.717) is 11.6 Å².